The van der Waals surface area contributed by atoms with Crippen LogP contribution in [0.5, 0.6) is 0 Å². The summed E-state index contributed by atoms with van der Waals surface area (Å²) in [5.41, 5.74) is 13.5. The van der Waals surface area contributed by atoms with Crippen LogP contribution in [0.2, 0.25) is 0 Å². The van der Waals surface area contributed by atoms with E-state index in [1.54, 1.807) is 0 Å². The Hall–Kier alpha value is -6.58. The standard InChI is InChI=1S/C57H52N2O/c1-4-50-39(3)57-54(53-19-12-13-21-56(53)60-57)20-14-36-58(55(50)5-2)48-32-34-51-44(37-48)22-23-45-38-49(33-35-52(45)51)59(46-28-24-42(25-29-46)40-15-8-6-9-16-40)47-30-26-43(27-31-47)41-17-10-7-11-18-41/h4-6,8-10,12,14-20,22-24,26-28,30-35,37-39,53,56H,1-2,7,11,13,21,25,29,36H2,3H3/b20-14-,55-50-. The third kappa shape index (κ3) is 6.92. The maximum absolute atomic E-state index is 6.70. The first-order valence-corrected chi connectivity index (χ1v) is 21.8. The fourth-order valence-corrected chi connectivity index (χ4v) is 10.0. The van der Waals surface area contributed by atoms with Crippen molar-refractivity contribution in [3.63, 3.8) is 0 Å². The van der Waals surface area contributed by atoms with Crippen molar-refractivity contribution in [1.82, 2.24) is 0 Å². The fourth-order valence-electron chi connectivity index (χ4n) is 10.0. The zero-order valence-electron chi connectivity index (χ0n) is 34.6. The van der Waals surface area contributed by atoms with Crippen molar-refractivity contribution < 1.29 is 4.74 Å². The zero-order valence-corrected chi connectivity index (χ0v) is 34.6. The summed E-state index contributed by atoms with van der Waals surface area (Å²) >= 11 is 0. The van der Waals surface area contributed by atoms with E-state index in [-0.39, 0.29) is 12.0 Å². The summed E-state index contributed by atoms with van der Waals surface area (Å²) in [7, 11) is 0. The maximum atomic E-state index is 6.70. The minimum Gasteiger partial charge on any atom is -0.493 e. The number of hydrogen-bond acceptors (Lipinski definition) is 3. The van der Waals surface area contributed by atoms with Crippen LogP contribution in [0.25, 0.3) is 32.7 Å². The lowest BCUT2D eigenvalue weighted by atomic mass is 9.85. The molecule has 3 heteroatoms. The van der Waals surface area contributed by atoms with E-state index in [1.165, 1.54) is 66.5 Å². The summed E-state index contributed by atoms with van der Waals surface area (Å²) in [5.74, 6) is 1.44. The lowest BCUT2D eigenvalue weighted by molar-refractivity contribution is 0.101. The van der Waals surface area contributed by atoms with Crippen LogP contribution in [0.3, 0.4) is 0 Å². The summed E-state index contributed by atoms with van der Waals surface area (Å²) in [4.78, 5) is 4.83. The molecule has 3 aliphatic carbocycles. The van der Waals surface area contributed by atoms with Gasteiger partial charge in [-0.3, -0.25) is 0 Å². The van der Waals surface area contributed by atoms with Gasteiger partial charge in [-0.1, -0.05) is 141 Å². The molecule has 10 rings (SSSR count). The first kappa shape index (κ1) is 37.7. The van der Waals surface area contributed by atoms with Crippen molar-refractivity contribution in [1.29, 1.82) is 0 Å². The van der Waals surface area contributed by atoms with Crippen molar-refractivity contribution >= 4 is 49.8 Å². The molecule has 0 spiro atoms. The first-order valence-electron chi connectivity index (χ1n) is 21.8. The Bertz CT molecular complexity index is 2770. The van der Waals surface area contributed by atoms with Crippen molar-refractivity contribution in [2.24, 2.45) is 11.8 Å². The molecule has 5 aliphatic rings. The van der Waals surface area contributed by atoms with Crippen LogP contribution >= 0.6 is 0 Å². The molecule has 0 saturated heterocycles. The van der Waals surface area contributed by atoms with Gasteiger partial charge in [-0.2, -0.15) is 0 Å². The highest BCUT2D eigenvalue weighted by molar-refractivity contribution is 6.09. The molecule has 5 aromatic carbocycles. The highest BCUT2D eigenvalue weighted by Crippen LogP contribution is 2.45. The first-order chi connectivity index (χ1) is 29.6. The molecule has 3 atom stereocenters. The van der Waals surface area contributed by atoms with E-state index in [1.807, 2.05) is 12.2 Å². The maximum Gasteiger partial charge on any atom is 0.109 e. The monoisotopic (exact) mass is 780 g/mol. The highest BCUT2D eigenvalue weighted by atomic mass is 16.5. The number of fused-ring (bicyclic) bond motifs is 5. The number of anilines is 3. The molecular formula is C57H52N2O. The van der Waals surface area contributed by atoms with Gasteiger partial charge in [0.1, 0.15) is 11.9 Å². The van der Waals surface area contributed by atoms with Crippen LogP contribution in [-0.2, 0) is 4.74 Å². The van der Waals surface area contributed by atoms with Crippen LogP contribution in [0.4, 0.5) is 17.1 Å². The Morgan fingerprint density at radius 1 is 0.717 bits per heavy atom. The molecule has 2 heterocycles. The van der Waals surface area contributed by atoms with Gasteiger partial charge in [0.2, 0.25) is 0 Å². The summed E-state index contributed by atoms with van der Waals surface area (Å²) in [6.07, 6.45) is 31.3. The van der Waals surface area contributed by atoms with Crippen molar-refractivity contribution in [3.05, 3.63) is 223 Å². The molecular weight excluding hydrogens is 729 g/mol. The largest absolute Gasteiger partial charge is 0.493 e. The summed E-state index contributed by atoms with van der Waals surface area (Å²) in [6.45, 7) is 11.6. The van der Waals surface area contributed by atoms with Crippen LogP contribution in [-0.4, -0.2) is 12.6 Å². The molecule has 0 N–H and O–H groups in total. The number of ether oxygens (including phenoxy) is 1. The predicted molar refractivity (Wildman–Crippen MR) is 255 cm³/mol. The number of benzene rings is 5. The average molecular weight is 781 g/mol. The second kappa shape index (κ2) is 16.2. The van der Waals surface area contributed by atoms with Crippen LogP contribution in [0, 0.1) is 11.8 Å². The van der Waals surface area contributed by atoms with E-state index >= 15 is 0 Å². The van der Waals surface area contributed by atoms with Gasteiger partial charge in [0.25, 0.3) is 0 Å². The van der Waals surface area contributed by atoms with Crippen LogP contribution in [0.1, 0.15) is 56.6 Å². The molecule has 3 unspecified atom stereocenters. The quantitative estimate of drug-likeness (QED) is 0.115. The van der Waals surface area contributed by atoms with E-state index in [4.69, 9.17) is 4.74 Å². The Kier molecular flexibility index (Phi) is 10.2. The summed E-state index contributed by atoms with van der Waals surface area (Å²) < 4.78 is 6.70. The van der Waals surface area contributed by atoms with Gasteiger partial charge in [-0.05, 0) is 136 Å². The molecule has 60 heavy (non-hydrogen) atoms. The van der Waals surface area contributed by atoms with E-state index < -0.39 is 0 Å². The lowest BCUT2D eigenvalue weighted by Gasteiger charge is -2.30. The van der Waals surface area contributed by atoms with Gasteiger partial charge < -0.3 is 14.5 Å². The minimum atomic E-state index is 0.0589. The molecule has 3 nitrogen and oxygen atoms in total. The molecule has 5 aromatic rings. The highest BCUT2D eigenvalue weighted by Gasteiger charge is 2.38. The Morgan fingerprint density at radius 3 is 2.27 bits per heavy atom. The van der Waals surface area contributed by atoms with Crippen molar-refractivity contribution in [3.8, 4) is 0 Å². The van der Waals surface area contributed by atoms with Crippen LogP contribution < -0.4 is 9.80 Å². The Labute approximate surface area is 355 Å². The van der Waals surface area contributed by atoms with Gasteiger partial charge in [0, 0.05) is 52.4 Å². The third-order valence-corrected chi connectivity index (χ3v) is 13.1. The predicted octanol–water partition coefficient (Wildman–Crippen LogP) is 14.9. The smallest absolute Gasteiger partial charge is 0.109 e. The van der Waals surface area contributed by atoms with Gasteiger partial charge in [-0.15, -0.1) is 0 Å². The molecule has 0 radical (unpaired) electrons. The normalized spacial score (nSPS) is 23.1. The molecule has 0 fully saturated rings. The second-order valence-corrected chi connectivity index (χ2v) is 16.6. The number of rotatable bonds is 8. The van der Waals surface area contributed by atoms with Gasteiger partial charge >= 0.3 is 0 Å². The number of nitrogens with zero attached hydrogens (tertiary/aromatic N) is 2. The van der Waals surface area contributed by atoms with E-state index in [0.29, 0.717) is 5.92 Å². The van der Waals surface area contributed by atoms with E-state index in [0.717, 1.165) is 67.8 Å². The number of hydrogen-bond donors (Lipinski definition) is 0. The van der Waals surface area contributed by atoms with E-state index in [9.17, 15) is 0 Å². The van der Waals surface area contributed by atoms with Crippen molar-refractivity contribution in [2.45, 2.75) is 51.6 Å². The Balaban J connectivity index is 1.00. The van der Waals surface area contributed by atoms with E-state index in [2.05, 4.69) is 188 Å². The molecule has 0 bridgehead atoms. The molecule has 296 valence electrons. The molecule has 0 aromatic heterocycles. The molecule has 0 amide bonds. The zero-order chi connectivity index (χ0) is 40.6. The third-order valence-electron chi connectivity index (χ3n) is 13.1. The van der Waals surface area contributed by atoms with Gasteiger partial charge in [-0.25, -0.2) is 0 Å². The average Bonchev–Trinajstić information content (AvgIpc) is 3.70. The van der Waals surface area contributed by atoms with Crippen LogP contribution in [0.15, 0.2) is 211 Å². The van der Waals surface area contributed by atoms with Crippen molar-refractivity contribution in [2.75, 3.05) is 16.3 Å². The molecule has 2 aliphatic heterocycles. The summed E-state index contributed by atoms with van der Waals surface area (Å²) in [5, 5.41) is 4.92. The van der Waals surface area contributed by atoms with Gasteiger partial charge in [0.05, 0.1) is 0 Å². The SMILES string of the molecule is C=C/C1=C(\C=C)N(c2ccc3c(ccc4cc(N(C5=CC=C(c6ccccc6)CC5)c5ccc(C6=CCCC=C6)cc5)ccc43)c2)C/C=C\C2=C(OC3CCC=CC23)C1C. The minimum absolute atomic E-state index is 0.0589. The lowest BCUT2D eigenvalue weighted by Crippen LogP contribution is -2.25. The summed E-state index contributed by atoms with van der Waals surface area (Å²) in [6, 6.07) is 38.4. The fraction of sp³-hybridized carbons (Fsp3) is 0.193. The number of allylic oxidation sites excluding steroid dienone is 13. The topological polar surface area (TPSA) is 15.7 Å². The second-order valence-electron chi connectivity index (χ2n) is 16.6. The molecule has 0 saturated carbocycles. The van der Waals surface area contributed by atoms with Gasteiger partial charge in [0.15, 0.2) is 0 Å². The Morgan fingerprint density at radius 2 is 1.52 bits per heavy atom.